The number of aliphatic hydroxyl groups is 1. The van der Waals surface area contributed by atoms with E-state index in [0.717, 1.165) is 18.2 Å². The summed E-state index contributed by atoms with van der Waals surface area (Å²) in [6.45, 7) is 1.60. The van der Waals surface area contributed by atoms with Crippen LogP contribution in [0, 0.1) is 15.9 Å². The zero-order valence-electron chi connectivity index (χ0n) is 9.01. The molecular weight excluding hydrogens is 231 g/mol. The number of aliphatic hydroxyl groups excluding tert-OH is 1. The maximum absolute atomic E-state index is 13.0. The molecule has 0 aliphatic carbocycles. The zero-order chi connectivity index (χ0) is 13.0. The number of non-ortho nitro benzene ring substituents is 1. The van der Waals surface area contributed by atoms with Gasteiger partial charge in [0.05, 0.1) is 16.7 Å². The molecule has 17 heavy (non-hydrogen) atoms. The highest BCUT2D eigenvalue weighted by Gasteiger charge is 2.15. The number of carbonyl (C=O) groups excluding carboxylic acids is 1. The van der Waals surface area contributed by atoms with Crippen molar-refractivity contribution in [1.29, 1.82) is 0 Å². The molecule has 0 aliphatic heterocycles. The molecule has 7 heteroatoms. The first kappa shape index (κ1) is 13.0. The lowest BCUT2D eigenvalue weighted by Gasteiger charge is -2.09. The SMILES string of the molecule is CCC(O)C(=O)Nc1cc(F)cc([N+](=O)[O-])c1. The molecule has 2 N–H and O–H groups in total. The fourth-order valence-electron chi connectivity index (χ4n) is 1.16. The molecule has 0 heterocycles. The summed E-state index contributed by atoms with van der Waals surface area (Å²) >= 11 is 0. The van der Waals surface area contributed by atoms with Gasteiger partial charge in [-0.1, -0.05) is 6.92 Å². The number of benzene rings is 1. The van der Waals surface area contributed by atoms with Crippen LogP contribution in [0.3, 0.4) is 0 Å². The Labute approximate surface area is 96.2 Å². The third-order valence-electron chi connectivity index (χ3n) is 2.05. The highest BCUT2D eigenvalue weighted by molar-refractivity contribution is 5.94. The van der Waals surface area contributed by atoms with Gasteiger partial charge in [-0.2, -0.15) is 0 Å². The number of anilines is 1. The highest BCUT2D eigenvalue weighted by Crippen LogP contribution is 2.20. The maximum atomic E-state index is 13.0. The van der Waals surface area contributed by atoms with Gasteiger partial charge >= 0.3 is 0 Å². The Morgan fingerprint density at radius 1 is 1.59 bits per heavy atom. The van der Waals surface area contributed by atoms with Gasteiger partial charge in [-0.25, -0.2) is 4.39 Å². The second kappa shape index (κ2) is 5.35. The third kappa shape index (κ3) is 3.49. The number of halogens is 1. The van der Waals surface area contributed by atoms with Crippen LogP contribution in [0.15, 0.2) is 18.2 Å². The Hall–Kier alpha value is -2.02. The Balaban J connectivity index is 2.92. The zero-order valence-corrected chi connectivity index (χ0v) is 9.01. The Bertz CT molecular complexity index is 450. The highest BCUT2D eigenvalue weighted by atomic mass is 19.1. The summed E-state index contributed by atoms with van der Waals surface area (Å²) < 4.78 is 13.0. The lowest BCUT2D eigenvalue weighted by Crippen LogP contribution is -2.26. The third-order valence-corrected chi connectivity index (χ3v) is 2.05. The fraction of sp³-hybridized carbons (Fsp3) is 0.300. The normalized spacial score (nSPS) is 11.9. The van der Waals surface area contributed by atoms with Gasteiger partial charge in [0.2, 0.25) is 0 Å². The van der Waals surface area contributed by atoms with Crippen LogP contribution in [0.2, 0.25) is 0 Å². The standard InChI is InChI=1S/C10H11FN2O4/c1-2-9(14)10(15)12-7-3-6(11)4-8(5-7)13(16)17/h3-5,9,14H,2H2,1H3,(H,12,15). The van der Waals surface area contributed by atoms with Crippen LogP contribution in [-0.4, -0.2) is 22.0 Å². The molecule has 0 saturated carbocycles. The van der Waals surface area contributed by atoms with Gasteiger partial charge in [0.1, 0.15) is 11.9 Å². The molecule has 1 atom stereocenters. The number of nitro benzene ring substituents is 1. The number of rotatable bonds is 4. The summed E-state index contributed by atoms with van der Waals surface area (Å²) in [7, 11) is 0. The van der Waals surface area contributed by atoms with Crippen molar-refractivity contribution in [2.24, 2.45) is 0 Å². The number of nitro groups is 1. The van der Waals surface area contributed by atoms with E-state index in [1.807, 2.05) is 0 Å². The predicted octanol–water partition coefficient (Wildman–Crippen LogP) is 1.44. The first-order chi connectivity index (χ1) is 7.93. The summed E-state index contributed by atoms with van der Waals surface area (Å²) in [4.78, 5) is 21.0. The van der Waals surface area contributed by atoms with E-state index in [2.05, 4.69) is 5.32 Å². The monoisotopic (exact) mass is 242 g/mol. The van der Waals surface area contributed by atoms with Crippen molar-refractivity contribution in [3.05, 3.63) is 34.1 Å². The number of nitrogens with one attached hydrogen (secondary N) is 1. The molecular formula is C10H11FN2O4. The van der Waals surface area contributed by atoms with Crippen LogP contribution in [-0.2, 0) is 4.79 Å². The predicted molar refractivity (Wildman–Crippen MR) is 58.0 cm³/mol. The molecule has 0 fully saturated rings. The topological polar surface area (TPSA) is 92.5 Å². The molecule has 6 nitrogen and oxygen atoms in total. The Kier molecular flexibility index (Phi) is 4.11. The molecule has 1 rings (SSSR count). The van der Waals surface area contributed by atoms with Crippen LogP contribution in [0.1, 0.15) is 13.3 Å². The number of hydrogen-bond acceptors (Lipinski definition) is 4. The second-order valence-electron chi connectivity index (χ2n) is 3.37. The molecule has 1 unspecified atom stereocenters. The van der Waals surface area contributed by atoms with Crippen LogP contribution < -0.4 is 5.32 Å². The largest absolute Gasteiger partial charge is 0.383 e. The van der Waals surface area contributed by atoms with Crippen LogP contribution >= 0.6 is 0 Å². The van der Waals surface area contributed by atoms with E-state index in [4.69, 9.17) is 0 Å². The van der Waals surface area contributed by atoms with E-state index in [0.29, 0.717) is 0 Å². The second-order valence-corrected chi connectivity index (χ2v) is 3.37. The van der Waals surface area contributed by atoms with Crippen molar-refractivity contribution in [1.82, 2.24) is 0 Å². The first-order valence-electron chi connectivity index (χ1n) is 4.88. The van der Waals surface area contributed by atoms with E-state index in [9.17, 15) is 24.4 Å². The van der Waals surface area contributed by atoms with Crippen molar-refractivity contribution in [2.75, 3.05) is 5.32 Å². The molecule has 0 spiro atoms. The molecule has 0 aromatic heterocycles. The summed E-state index contributed by atoms with van der Waals surface area (Å²) in [5, 5.41) is 21.8. The van der Waals surface area contributed by atoms with Crippen molar-refractivity contribution < 1.29 is 19.2 Å². The number of hydrogen-bond donors (Lipinski definition) is 2. The van der Waals surface area contributed by atoms with Crippen LogP contribution in [0.25, 0.3) is 0 Å². The van der Waals surface area contributed by atoms with E-state index in [1.165, 1.54) is 0 Å². The first-order valence-corrected chi connectivity index (χ1v) is 4.88. The lowest BCUT2D eigenvalue weighted by molar-refractivity contribution is -0.385. The van der Waals surface area contributed by atoms with Gasteiger partial charge in [0.25, 0.3) is 11.6 Å². The van der Waals surface area contributed by atoms with E-state index in [-0.39, 0.29) is 12.1 Å². The minimum absolute atomic E-state index is 0.0609. The molecule has 92 valence electrons. The van der Waals surface area contributed by atoms with Gasteiger partial charge in [-0.15, -0.1) is 0 Å². The fourth-order valence-corrected chi connectivity index (χ4v) is 1.16. The average Bonchev–Trinajstić information content (AvgIpc) is 2.26. The number of amides is 1. The number of nitrogens with zero attached hydrogens (tertiary/aromatic N) is 1. The summed E-state index contributed by atoms with van der Waals surface area (Å²) in [5.74, 6) is -1.56. The molecule has 0 saturated heterocycles. The average molecular weight is 242 g/mol. The van der Waals surface area contributed by atoms with E-state index >= 15 is 0 Å². The van der Waals surface area contributed by atoms with Crippen molar-refractivity contribution in [3.8, 4) is 0 Å². The van der Waals surface area contributed by atoms with E-state index < -0.39 is 28.4 Å². The van der Waals surface area contributed by atoms with E-state index in [1.54, 1.807) is 6.92 Å². The van der Waals surface area contributed by atoms with Crippen LogP contribution in [0.4, 0.5) is 15.8 Å². The minimum Gasteiger partial charge on any atom is -0.383 e. The smallest absolute Gasteiger partial charge is 0.274 e. The molecule has 0 radical (unpaired) electrons. The van der Waals surface area contributed by atoms with Gasteiger partial charge in [-0.3, -0.25) is 14.9 Å². The van der Waals surface area contributed by atoms with Gasteiger partial charge in [-0.05, 0) is 12.5 Å². The van der Waals surface area contributed by atoms with Crippen molar-refractivity contribution in [2.45, 2.75) is 19.4 Å². The van der Waals surface area contributed by atoms with Gasteiger partial charge < -0.3 is 10.4 Å². The summed E-state index contributed by atoms with van der Waals surface area (Å²) in [6, 6.07) is 2.70. The number of carbonyl (C=O) groups is 1. The lowest BCUT2D eigenvalue weighted by atomic mass is 10.2. The maximum Gasteiger partial charge on any atom is 0.274 e. The summed E-state index contributed by atoms with van der Waals surface area (Å²) in [5.41, 5.74) is -0.527. The Morgan fingerprint density at radius 2 is 2.24 bits per heavy atom. The molecule has 0 bridgehead atoms. The molecule has 1 amide bonds. The summed E-state index contributed by atoms with van der Waals surface area (Å²) in [6.07, 6.45) is -1.03. The minimum atomic E-state index is -1.22. The van der Waals surface area contributed by atoms with Gasteiger partial charge in [0, 0.05) is 6.07 Å². The van der Waals surface area contributed by atoms with Crippen LogP contribution in [0.5, 0.6) is 0 Å². The molecule has 0 aliphatic rings. The van der Waals surface area contributed by atoms with Gasteiger partial charge in [0.15, 0.2) is 0 Å². The molecule has 1 aromatic carbocycles. The molecule has 1 aromatic rings. The van der Waals surface area contributed by atoms with Crippen molar-refractivity contribution >= 4 is 17.3 Å². The van der Waals surface area contributed by atoms with Crippen molar-refractivity contribution in [3.63, 3.8) is 0 Å². The Morgan fingerprint density at radius 3 is 2.76 bits per heavy atom. The quantitative estimate of drug-likeness (QED) is 0.617.